The van der Waals surface area contributed by atoms with Crippen molar-refractivity contribution in [2.45, 2.75) is 313 Å². The van der Waals surface area contributed by atoms with Crippen LogP contribution < -0.4 is 0 Å². The summed E-state index contributed by atoms with van der Waals surface area (Å²) in [6, 6.07) is 0. The first-order chi connectivity index (χ1) is 29.6. The third-order valence-corrected chi connectivity index (χ3v) is 18.4. The fourth-order valence-electron chi connectivity index (χ4n) is 15.7. The molecule has 0 aromatic carbocycles. The van der Waals surface area contributed by atoms with Gasteiger partial charge in [0.1, 0.15) is 0 Å². The molecule has 2 heteroatoms. The van der Waals surface area contributed by atoms with Gasteiger partial charge >= 0.3 is 5.97 Å². The van der Waals surface area contributed by atoms with Crippen molar-refractivity contribution in [3.63, 3.8) is 0 Å². The van der Waals surface area contributed by atoms with Gasteiger partial charge in [-0.2, -0.15) is 0 Å². The van der Waals surface area contributed by atoms with Crippen molar-refractivity contribution >= 4 is 5.97 Å². The number of unbranched alkanes of at least 4 members (excludes halogenated alkanes) is 26. The van der Waals surface area contributed by atoms with Crippen LogP contribution in [0.25, 0.3) is 0 Å². The SMILES string of the molecule is CCCCCCCCCC1CC23COC(=O)C(C(C)CCCCCCCC)(C(C)CCCCCCCC)C(C(C)CCCCCCCC)(C(C)CCCCCCCC)C1(C2)C3. The summed E-state index contributed by atoms with van der Waals surface area (Å²) in [5.41, 5.74) is 0.0458. The molecule has 61 heavy (non-hydrogen) atoms. The predicted octanol–water partition coefficient (Wildman–Crippen LogP) is 20.0. The van der Waals surface area contributed by atoms with E-state index in [9.17, 15) is 0 Å². The molecule has 3 aliphatic carbocycles. The van der Waals surface area contributed by atoms with E-state index in [1.165, 1.54) is 250 Å². The van der Waals surface area contributed by atoms with E-state index >= 15 is 4.79 Å². The van der Waals surface area contributed by atoms with Gasteiger partial charge in [-0.1, -0.05) is 274 Å². The molecule has 0 amide bonds. The second kappa shape index (κ2) is 29.9. The van der Waals surface area contributed by atoms with Gasteiger partial charge < -0.3 is 4.74 Å². The van der Waals surface area contributed by atoms with E-state index in [2.05, 4.69) is 62.3 Å². The Balaban J connectivity index is 2.21. The summed E-state index contributed by atoms with van der Waals surface area (Å²) in [6.45, 7) is 23.2. The van der Waals surface area contributed by atoms with Gasteiger partial charge in [0.25, 0.3) is 0 Å². The summed E-state index contributed by atoms with van der Waals surface area (Å²) in [4.78, 5) is 16.2. The highest BCUT2D eigenvalue weighted by Crippen LogP contribution is 2.85. The lowest BCUT2D eigenvalue weighted by Gasteiger charge is -2.73. The molecule has 360 valence electrons. The molecular formula is C59H112O2. The van der Waals surface area contributed by atoms with Crippen LogP contribution in [0.3, 0.4) is 0 Å². The first-order valence-corrected chi connectivity index (χ1v) is 28.8. The van der Waals surface area contributed by atoms with E-state index in [1.54, 1.807) is 0 Å². The molecule has 1 heterocycles. The van der Waals surface area contributed by atoms with Gasteiger partial charge in [0.15, 0.2) is 0 Å². The second-order valence-electron chi connectivity index (χ2n) is 23.0. The summed E-state index contributed by atoms with van der Waals surface area (Å²) in [7, 11) is 0. The summed E-state index contributed by atoms with van der Waals surface area (Å²) in [5.74, 6) is 2.81. The highest BCUT2D eigenvalue weighted by atomic mass is 16.5. The van der Waals surface area contributed by atoms with Crippen LogP contribution in [0.1, 0.15) is 313 Å². The molecule has 1 saturated heterocycles. The minimum absolute atomic E-state index is 0.0284. The number of ether oxygens (including phenoxy) is 1. The van der Waals surface area contributed by atoms with Crippen LogP contribution >= 0.6 is 0 Å². The van der Waals surface area contributed by atoms with Crippen molar-refractivity contribution < 1.29 is 9.53 Å². The summed E-state index contributed by atoms with van der Waals surface area (Å²) in [6.07, 6.45) is 52.5. The maximum Gasteiger partial charge on any atom is 0.313 e. The van der Waals surface area contributed by atoms with E-state index in [0.29, 0.717) is 36.2 Å². The quantitative estimate of drug-likeness (QED) is 0.0453. The number of rotatable bonds is 40. The summed E-state index contributed by atoms with van der Waals surface area (Å²) in [5, 5.41) is 0. The standard InChI is InChI=1S/C59H112O2/c1-10-15-20-25-30-35-40-45-54-46-56-47-57(54,48-56)59(52(8)43-38-33-28-23-18-13-4,53(9)44-39-34-29-24-19-14-5)58(55(60)61-49-56,50(6)41-36-31-26-21-16-11-2)51(7)42-37-32-27-22-17-12-3/h50-54H,10-49H2,1-9H3. The monoisotopic (exact) mass is 853 g/mol. The zero-order valence-electron chi connectivity index (χ0n) is 43.5. The zero-order valence-corrected chi connectivity index (χ0v) is 43.5. The highest BCUT2D eigenvalue weighted by Gasteiger charge is 2.82. The number of carbonyl (C=O) groups excluding carboxylic acids is 1. The second-order valence-corrected chi connectivity index (χ2v) is 23.0. The van der Waals surface area contributed by atoms with Crippen molar-refractivity contribution in [3.05, 3.63) is 0 Å². The number of hydrogen-bond acceptors (Lipinski definition) is 2. The molecule has 5 atom stereocenters. The van der Waals surface area contributed by atoms with Gasteiger partial charge in [0.05, 0.1) is 12.0 Å². The molecule has 3 saturated carbocycles. The van der Waals surface area contributed by atoms with Crippen LogP contribution in [-0.2, 0) is 9.53 Å². The number of carbonyl (C=O) groups is 1. The fraction of sp³-hybridized carbons (Fsp3) is 0.983. The van der Waals surface area contributed by atoms with Crippen LogP contribution in [0.2, 0.25) is 0 Å². The van der Waals surface area contributed by atoms with Gasteiger partial charge in [0.2, 0.25) is 0 Å². The summed E-state index contributed by atoms with van der Waals surface area (Å²) >= 11 is 0. The topological polar surface area (TPSA) is 26.3 Å². The average molecular weight is 854 g/mol. The number of cyclic esters (lactones) is 1. The first-order valence-electron chi connectivity index (χ1n) is 28.8. The van der Waals surface area contributed by atoms with E-state index in [0.717, 1.165) is 5.92 Å². The third kappa shape index (κ3) is 14.2. The summed E-state index contributed by atoms with van der Waals surface area (Å²) < 4.78 is 7.11. The Morgan fingerprint density at radius 2 is 0.754 bits per heavy atom. The Labute approximate surface area is 384 Å². The molecule has 0 aromatic heterocycles. The molecule has 0 aromatic rings. The largest absolute Gasteiger partial charge is 0.465 e. The van der Waals surface area contributed by atoms with Crippen LogP contribution in [0.15, 0.2) is 0 Å². The molecule has 5 unspecified atom stereocenters. The van der Waals surface area contributed by atoms with Gasteiger partial charge in [-0.3, -0.25) is 4.79 Å². The Morgan fingerprint density at radius 1 is 0.443 bits per heavy atom. The molecule has 1 aliphatic heterocycles. The third-order valence-electron chi connectivity index (χ3n) is 18.4. The van der Waals surface area contributed by atoms with Crippen LogP contribution in [-0.4, -0.2) is 12.6 Å². The van der Waals surface area contributed by atoms with E-state index < -0.39 is 5.41 Å². The Hall–Kier alpha value is -0.530. The van der Waals surface area contributed by atoms with Gasteiger partial charge in [-0.15, -0.1) is 0 Å². The minimum atomic E-state index is -0.432. The number of hydrogen-bond donors (Lipinski definition) is 0. The van der Waals surface area contributed by atoms with Crippen LogP contribution in [0, 0.1) is 51.2 Å². The Kier molecular flexibility index (Phi) is 26.9. The predicted molar refractivity (Wildman–Crippen MR) is 269 cm³/mol. The average Bonchev–Trinajstić information content (AvgIpc) is 3.74. The maximum absolute atomic E-state index is 16.2. The fourth-order valence-corrected chi connectivity index (χ4v) is 15.7. The van der Waals surface area contributed by atoms with Crippen LogP contribution in [0.4, 0.5) is 0 Å². The van der Waals surface area contributed by atoms with Gasteiger partial charge in [-0.25, -0.2) is 0 Å². The van der Waals surface area contributed by atoms with E-state index in [4.69, 9.17) is 4.74 Å². The van der Waals surface area contributed by atoms with E-state index in [-0.39, 0.29) is 16.2 Å². The van der Waals surface area contributed by atoms with Crippen molar-refractivity contribution in [3.8, 4) is 0 Å². The van der Waals surface area contributed by atoms with E-state index in [1.807, 2.05) is 0 Å². The molecular weight excluding hydrogens is 741 g/mol. The smallest absolute Gasteiger partial charge is 0.313 e. The molecule has 2 bridgehead atoms. The van der Waals surface area contributed by atoms with Gasteiger partial charge in [-0.05, 0) is 78.9 Å². The Bertz CT molecular complexity index is 1060. The van der Waals surface area contributed by atoms with Crippen molar-refractivity contribution in [1.82, 2.24) is 0 Å². The number of esters is 1. The minimum Gasteiger partial charge on any atom is -0.465 e. The van der Waals surface area contributed by atoms with Crippen LogP contribution in [0.5, 0.6) is 0 Å². The molecule has 4 aliphatic rings. The molecule has 2 nitrogen and oxygen atoms in total. The van der Waals surface area contributed by atoms with Gasteiger partial charge in [0, 0.05) is 5.41 Å². The molecule has 4 rings (SSSR count). The maximum atomic E-state index is 16.2. The molecule has 4 fully saturated rings. The molecule has 0 N–H and O–H groups in total. The lowest BCUT2D eigenvalue weighted by Crippen LogP contribution is -2.72. The van der Waals surface area contributed by atoms with Crippen molar-refractivity contribution in [2.75, 3.05) is 6.61 Å². The normalized spacial score (nSPS) is 27.9. The zero-order chi connectivity index (χ0) is 44.5. The number of fused-ring (bicyclic) bond motifs is 1. The first kappa shape index (κ1) is 54.8. The Morgan fingerprint density at radius 3 is 1.11 bits per heavy atom. The lowest BCUT2D eigenvalue weighted by atomic mass is 9.30. The highest BCUT2D eigenvalue weighted by molar-refractivity contribution is 5.80. The van der Waals surface area contributed by atoms with Crippen molar-refractivity contribution in [1.29, 1.82) is 0 Å². The molecule has 0 radical (unpaired) electrons. The molecule has 0 spiro atoms. The van der Waals surface area contributed by atoms with Crippen molar-refractivity contribution in [2.24, 2.45) is 51.2 Å². The lowest BCUT2D eigenvalue weighted by molar-refractivity contribution is -0.281.